The van der Waals surface area contributed by atoms with E-state index in [1.165, 1.54) is 0 Å². The van der Waals surface area contributed by atoms with Gasteiger partial charge in [0.05, 0.1) is 10.5 Å². The molecule has 2 rings (SSSR count). The minimum atomic E-state index is -0.425. The van der Waals surface area contributed by atoms with Crippen molar-refractivity contribution in [3.8, 4) is 0 Å². The van der Waals surface area contributed by atoms with E-state index in [1.54, 1.807) is 0 Å². The van der Waals surface area contributed by atoms with Crippen molar-refractivity contribution >= 4 is 22.7 Å². The first-order chi connectivity index (χ1) is 6.40. The number of hydrogen-bond acceptors (Lipinski definition) is 2. The molecule has 0 N–H and O–H groups in total. The average molecular weight is 193 g/mol. The van der Waals surface area contributed by atoms with Crippen molar-refractivity contribution in [2.45, 2.75) is 5.03 Å². The van der Waals surface area contributed by atoms with Crippen molar-refractivity contribution < 1.29 is 4.39 Å². The molecule has 1 nitrogen and oxygen atoms in total. The minimum absolute atomic E-state index is 0.425. The van der Waals surface area contributed by atoms with Crippen molar-refractivity contribution in [1.29, 1.82) is 0 Å². The smallest absolute Gasteiger partial charge is 0.141 e. The van der Waals surface area contributed by atoms with Crippen LogP contribution < -0.4 is 0 Å². The van der Waals surface area contributed by atoms with E-state index >= 15 is 0 Å². The molecule has 0 saturated heterocycles. The van der Waals surface area contributed by atoms with Crippen LogP contribution in [0.1, 0.15) is 0 Å². The SMILES string of the molecule is FCSc1ccc2ccccc2n1. The maximum Gasteiger partial charge on any atom is 0.141 e. The molecule has 0 aliphatic heterocycles. The van der Waals surface area contributed by atoms with Crippen LogP contribution in [-0.2, 0) is 0 Å². The number of para-hydroxylation sites is 1. The Balaban J connectivity index is 2.49. The summed E-state index contributed by atoms with van der Waals surface area (Å²) in [5.74, 6) is 0. The van der Waals surface area contributed by atoms with Crippen LogP contribution in [0.5, 0.6) is 0 Å². The van der Waals surface area contributed by atoms with Crippen LogP contribution in [0.3, 0.4) is 0 Å². The number of alkyl halides is 1. The molecule has 0 unspecified atom stereocenters. The zero-order chi connectivity index (χ0) is 9.10. The third-order valence-electron chi connectivity index (χ3n) is 1.78. The first-order valence-electron chi connectivity index (χ1n) is 3.95. The van der Waals surface area contributed by atoms with E-state index in [-0.39, 0.29) is 0 Å². The number of nitrogens with zero attached hydrogens (tertiary/aromatic N) is 1. The molecule has 0 radical (unpaired) electrons. The molecule has 2 aromatic rings. The molecule has 66 valence electrons. The number of fused-ring (bicyclic) bond motifs is 1. The molecular formula is C10H8FNS. The van der Waals surface area contributed by atoms with Gasteiger partial charge in [-0.25, -0.2) is 9.37 Å². The molecule has 13 heavy (non-hydrogen) atoms. The van der Waals surface area contributed by atoms with Gasteiger partial charge in [-0.3, -0.25) is 0 Å². The molecule has 0 amide bonds. The third kappa shape index (κ3) is 1.80. The molecule has 1 aromatic heterocycles. The third-order valence-corrected chi connectivity index (χ3v) is 2.41. The second-order valence-corrected chi connectivity index (χ2v) is 3.52. The maximum atomic E-state index is 12.0. The second-order valence-electron chi connectivity index (χ2n) is 2.60. The van der Waals surface area contributed by atoms with Gasteiger partial charge < -0.3 is 0 Å². The van der Waals surface area contributed by atoms with Gasteiger partial charge in [0, 0.05) is 5.39 Å². The Labute approximate surface area is 80.0 Å². The van der Waals surface area contributed by atoms with E-state index in [2.05, 4.69) is 4.98 Å². The van der Waals surface area contributed by atoms with E-state index in [0.717, 1.165) is 27.7 Å². The highest BCUT2D eigenvalue weighted by atomic mass is 32.2. The number of benzene rings is 1. The molecule has 0 bridgehead atoms. The van der Waals surface area contributed by atoms with Gasteiger partial charge in [-0.1, -0.05) is 36.0 Å². The number of aromatic nitrogens is 1. The van der Waals surface area contributed by atoms with Gasteiger partial charge >= 0.3 is 0 Å². The summed E-state index contributed by atoms with van der Waals surface area (Å²) in [5, 5.41) is 1.83. The van der Waals surface area contributed by atoms with Crippen LogP contribution in [-0.4, -0.2) is 11.0 Å². The number of halogens is 1. The molecular weight excluding hydrogens is 185 g/mol. The summed E-state index contributed by atoms with van der Waals surface area (Å²) in [6.45, 7) is 0. The zero-order valence-corrected chi connectivity index (χ0v) is 7.72. The predicted molar refractivity (Wildman–Crippen MR) is 53.6 cm³/mol. The summed E-state index contributed by atoms with van der Waals surface area (Å²) >= 11 is 1.11. The Morgan fingerprint density at radius 2 is 2.00 bits per heavy atom. The van der Waals surface area contributed by atoms with Crippen LogP contribution in [0.2, 0.25) is 0 Å². The lowest BCUT2D eigenvalue weighted by Crippen LogP contribution is -1.81. The lowest BCUT2D eigenvalue weighted by molar-refractivity contribution is 0.605. The van der Waals surface area contributed by atoms with Gasteiger partial charge in [0.2, 0.25) is 0 Å². The fourth-order valence-corrected chi connectivity index (χ4v) is 1.62. The number of rotatable bonds is 2. The fourth-order valence-electron chi connectivity index (χ4n) is 1.18. The number of pyridine rings is 1. The van der Waals surface area contributed by atoms with Gasteiger partial charge in [0.25, 0.3) is 0 Å². The zero-order valence-electron chi connectivity index (χ0n) is 6.90. The summed E-state index contributed by atoms with van der Waals surface area (Å²) in [6, 6.07) is 11.2. The highest BCUT2D eigenvalue weighted by Gasteiger charge is 1.96. The molecule has 0 spiro atoms. The topological polar surface area (TPSA) is 12.9 Å². The molecule has 0 saturated carbocycles. The van der Waals surface area contributed by atoms with Crippen molar-refractivity contribution in [2.75, 3.05) is 6.01 Å². The summed E-state index contributed by atoms with van der Waals surface area (Å²) in [5.41, 5.74) is 0.918. The van der Waals surface area contributed by atoms with Crippen molar-refractivity contribution in [3.05, 3.63) is 36.4 Å². The summed E-state index contributed by atoms with van der Waals surface area (Å²) in [6.07, 6.45) is 0. The highest BCUT2D eigenvalue weighted by molar-refractivity contribution is 7.99. The Morgan fingerprint density at radius 3 is 2.85 bits per heavy atom. The summed E-state index contributed by atoms with van der Waals surface area (Å²) in [4.78, 5) is 4.29. The standard InChI is InChI=1S/C10H8FNS/c11-7-13-10-6-5-8-3-1-2-4-9(8)12-10/h1-6H,7H2. The van der Waals surface area contributed by atoms with Gasteiger partial charge in [0.15, 0.2) is 0 Å². The molecule has 1 heterocycles. The summed E-state index contributed by atoms with van der Waals surface area (Å²) < 4.78 is 12.0. The molecule has 0 aliphatic rings. The Hall–Kier alpha value is -1.09. The summed E-state index contributed by atoms with van der Waals surface area (Å²) in [7, 11) is 0. The van der Waals surface area contributed by atoms with Gasteiger partial charge in [-0.15, -0.1) is 0 Å². The molecule has 0 atom stereocenters. The molecule has 3 heteroatoms. The van der Waals surface area contributed by atoms with E-state index in [9.17, 15) is 4.39 Å². The van der Waals surface area contributed by atoms with Crippen molar-refractivity contribution in [1.82, 2.24) is 4.98 Å². The number of hydrogen-bond donors (Lipinski definition) is 0. The number of thioether (sulfide) groups is 1. The first kappa shape index (κ1) is 8.51. The maximum absolute atomic E-state index is 12.0. The molecule has 0 aliphatic carbocycles. The van der Waals surface area contributed by atoms with E-state index in [4.69, 9.17) is 0 Å². The Kier molecular flexibility index (Phi) is 2.45. The Morgan fingerprint density at radius 1 is 1.15 bits per heavy atom. The average Bonchev–Trinajstić information content (AvgIpc) is 2.18. The predicted octanol–water partition coefficient (Wildman–Crippen LogP) is 3.25. The second kappa shape index (κ2) is 3.75. The molecule has 1 aromatic carbocycles. The fraction of sp³-hybridized carbons (Fsp3) is 0.100. The monoisotopic (exact) mass is 193 g/mol. The van der Waals surface area contributed by atoms with Crippen LogP contribution in [0.15, 0.2) is 41.4 Å². The minimum Gasteiger partial charge on any atom is -0.241 e. The van der Waals surface area contributed by atoms with Crippen molar-refractivity contribution in [2.24, 2.45) is 0 Å². The van der Waals surface area contributed by atoms with Crippen LogP contribution in [0, 0.1) is 0 Å². The quantitative estimate of drug-likeness (QED) is 0.679. The largest absolute Gasteiger partial charge is 0.241 e. The van der Waals surface area contributed by atoms with Gasteiger partial charge in [-0.2, -0.15) is 0 Å². The molecule has 0 fully saturated rings. The highest BCUT2D eigenvalue weighted by Crippen LogP contribution is 2.19. The van der Waals surface area contributed by atoms with E-state index in [0.29, 0.717) is 0 Å². The van der Waals surface area contributed by atoms with Gasteiger partial charge in [-0.05, 0) is 12.1 Å². The lowest BCUT2D eigenvalue weighted by atomic mass is 10.2. The van der Waals surface area contributed by atoms with Crippen LogP contribution >= 0.6 is 11.8 Å². The van der Waals surface area contributed by atoms with Gasteiger partial charge in [0.1, 0.15) is 6.01 Å². The van der Waals surface area contributed by atoms with E-state index < -0.39 is 6.01 Å². The lowest BCUT2D eigenvalue weighted by Gasteiger charge is -1.99. The Bertz CT molecular complexity index is 416. The normalized spacial score (nSPS) is 10.5. The van der Waals surface area contributed by atoms with Crippen LogP contribution in [0.4, 0.5) is 4.39 Å². The van der Waals surface area contributed by atoms with Crippen molar-refractivity contribution in [3.63, 3.8) is 0 Å². The first-order valence-corrected chi connectivity index (χ1v) is 4.93. The van der Waals surface area contributed by atoms with Crippen LogP contribution in [0.25, 0.3) is 10.9 Å². The van der Waals surface area contributed by atoms with E-state index in [1.807, 2.05) is 36.4 Å².